The number of carbonyl (C=O) groups excluding carboxylic acids is 2. The molecule has 0 radical (unpaired) electrons. The van der Waals surface area contributed by atoms with Crippen molar-refractivity contribution < 1.29 is 19.5 Å². The molecule has 0 fully saturated rings. The van der Waals surface area contributed by atoms with Crippen LogP contribution in [0.5, 0.6) is 0 Å². The molecule has 3 aromatic carbocycles. The summed E-state index contributed by atoms with van der Waals surface area (Å²) in [6.07, 6.45) is 0. The number of aromatic carboxylic acids is 1. The summed E-state index contributed by atoms with van der Waals surface area (Å²) < 4.78 is 0. The van der Waals surface area contributed by atoms with Gasteiger partial charge in [0, 0.05) is 16.9 Å². The summed E-state index contributed by atoms with van der Waals surface area (Å²) in [5.74, 6) is -1.92. The molecule has 3 rings (SSSR count). The van der Waals surface area contributed by atoms with Crippen molar-refractivity contribution in [2.24, 2.45) is 0 Å². The highest BCUT2D eigenvalue weighted by Crippen LogP contribution is 2.17. The third kappa shape index (κ3) is 4.38. The molecule has 0 aliphatic carbocycles. The number of rotatable bonds is 5. The van der Waals surface area contributed by atoms with E-state index in [1.165, 1.54) is 12.1 Å². The number of carboxylic acid groups (broad SMARTS) is 1. The zero-order valence-electron chi connectivity index (χ0n) is 14.2. The second-order valence-electron chi connectivity index (χ2n) is 5.70. The lowest BCUT2D eigenvalue weighted by molar-refractivity contribution is 0.0692. The summed E-state index contributed by atoms with van der Waals surface area (Å²) in [4.78, 5) is 35.7. The van der Waals surface area contributed by atoms with E-state index in [1.807, 2.05) is 6.07 Å². The second kappa shape index (κ2) is 7.97. The summed E-state index contributed by atoms with van der Waals surface area (Å²) in [7, 11) is 0. The summed E-state index contributed by atoms with van der Waals surface area (Å²) in [6, 6.07) is 21.4. The van der Waals surface area contributed by atoms with Crippen molar-refractivity contribution in [2.45, 2.75) is 0 Å². The Balaban J connectivity index is 1.68. The third-order valence-electron chi connectivity index (χ3n) is 3.84. The maximum Gasteiger partial charge on any atom is 0.336 e. The molecule has 3 N–H and O–H groups in total. The van der Waals surface area contributed by atoms with Crippen LogP contribution in [0.15, 0.2) is 78.9 Å². The van der Waals surface area contributed by atoms with Crippen LogP contribution in [0.2, 0.25) is 0 Å². The topological polar surface area (TPSA) is 95.5 Å². The van der Waals surface area contributed by atoms with Crippen LogP contribution in [-0.2, 0) is 0 Å². The van der Waals surface area contributed by atoms with Gasteiger partial charge < -0.3 is 15.7 Å². The van der Waals surface area contributed by atoms with E-state index in [2.05, 4.69) is 10.6 Å². The van der Waals surface area contributed by atoms with E-state index in [-0.39, 0.29) is 17.0 Å². The van der Waals surface area contributed by atoms with E-state index >= 15 is 0 Å². The lowest BCUT2D eigenvalue weighted by atomic mass is 10.1. The van der Waals surface area contributed by atoms with Crippen LogP contribution in [0.25, 0.3) is 0 Å². The molecule has 0 heterocycles. The molecule has 0 spiro atoms. The van der Waals surface area contributed by atoms with E-state index in [0.29, 0.717) is 16.9 Å². The van der Waals surface area contributed by atoms with E-state index in [9.17, 15) is 19.5 Å². The zero-order chi connectivity index (χ0) is 19.2. The fraction of sp³-hybridized carbons (Fsp3) is 0. The minimum absolute atomic E-state index is 0.0678. The van der Waals surface area contributed by atoms with Crippen molar-refractivity contribution in [3.8, 4) is 0 Å². The quantitative estimate of drug-likeness (QED) is 0.643. The monoisotopic (exact) mass is 360 g/mol. The number of nitrogens with one attached hydrogen (secondary N) is 2. The normalized spacial score (nSPS) is 10.1. The lowest BCUT2D eigenvalue weighted by Gasteiger charge is -2.09. The lowest BCUT2D eigenvalue weighted by Crippen LogP contribution is -2.16. The number of hydrogen-bond acceptors (Lipinski definition) is 3. The van der Waals surface area contributed by atoms with Crippen molar-refractivity contribution in [1.82, 2.24) is 0 Å². The summed E-state index contributed by atoms with van der Waals surface area (Å²) >= 11 is 0. The van der Waals surface area contributed by atoms with Gasteiger partial charge in [0.05, 0.1) is 11.1 Å². The van der Waals surface area contributed by atoms with Gasteiger partial charge in [-0.05, 0) is 48.5 Å². The van der Waals surface area contributed by atoms with Crippen LogP contribution >= 0.6 is 0 Å². The standard InChI is InChI=1S/C21H16N2O4/c24-19(14-6-2-1-3-7-14)22-15-10-12-16(13-11-15)23-20(25)17-8-4-5-9-18(17)21(26)27/h1-13H,(H,22,24)(H,23,25)(H,26,27). The largest absolute Gasteiger partial charge is 0.478 e. The summed E-state index contributed by atoms with van der Waals surface area (Å²) in [5, 5.41) is 14.6. The molecule has 0 saturated carbocycles. The highest BCUT2D eigenvalue weighted by atomic mass is 16.4. The molecule has 3 aromatic rings. The van der Waals surface area contributed by atoms with Crippen LogP contribution in [0, 0.1) is 0 Å². The van der Waals surface area contributed by atoms with Crippen molar-refractivity contribution >= 4 is 29.2 Å². The molecule has 0 aliphatic rings. The van der Waals surface area contributed by atoms with Crippen molar-refractivity contribution in [1.29, 1.82) is 0 Å². The maximum atomic E-state index is 12.3. The maximum absolute atomic E-state index is 12.3. The Labute approximate surface area is 155 Å². The third-order valence-corrected chi connectivity index (χ3v) is 3.84. The first-order chi connectivity index (χ1) is 13.0. The van der Waals surface area contributed by atoms with Gasteiger partial charge in [0.2, 0.25) is 0 Å². The van der Waals surface area contributed by atoms with Gasteiger partial charge in [-0.15, -0.1) is 0 Å². The average molecular weight is 360 g/mol. The Morgan fingerprint density at radius 1 is 0.593 bits per heavy atom. The highest BCUT2D eigenvalue weighted by Gasteiger charge is 2.15. The Bertz CT molecular complexity index is 983. The number of amides is 2. The van der Waals surface area contributed by atoms with Crippen molar-refractivity contribution in [3.05, 3.63) is 95.6 Å². The highest BCUT2D eigenvalue weighted by molar-refractivity contribution is 6.10. The average Bonchev–Trinajstić information content (AvgIpc) is 2.70. The van der Waals surface area contributed by atoms with Gasteiger partial charge in [0.15, 0.2) is 0 Å². The van der Waals surface area contributed by atoms with Crippen LogP contribution in [0.3, 0.4) is 0 Å². The van der Waals surface area contributed by atoms with E-state index < -0.39 is 11.9 Å². The molecular formula is C21H16N2O4. The van der Waals surface area contributed by atoms with Crippen molar-refractivity contribution in [3.63, 3.8) is 0 Å². The van der Waals surface area contributed by atoms with Crippen LogP contribution in [0.1, 0.15) is 31.1 Å². The Morgan fingerprint density at radius 2 is 1.07 bits per heavy atom. The van der Waals surface area contributed by atoms with Gasteiger partial charge >= 0.3 is 5.97 Å². The molecule has 6 heteroatoms. The molecule has 0 unspecified atom stereocenters. The van der Waals surface area contributed by atoms with E-state index in [4.69, 9.17) is 0 Å². The minimum atomic E-state index is -1.17. The summed E-state index contributed by atoms with van der Waals surface area (Å²) in [6.45, 7) is 0. The number of anilines is 2. The van der Waals surface area contributed by atoms with Gasteiger partial charge in [-0.25, -0.2) is 4.79 Å². The molecule has 2 amide bonds. The predicted octanol–water partition coefficient (Wildman–Crippen LogP) is 3.89. The fourth-order valence-corrected chi connectivity index (χ4v) is 2.50. The molecule has 134 valence electrons. The van der Waals surface area contributed by atoms with E-state index in [0.717, 1.165) is 0 Å². The number of benzene rings is 3. The smallest absolute Gasteiger partial charge is 0.336 e. The first kappa shape index (κ1) is 17.9. The summed E-state index contributed by atoms with van der Waals surface area (Å²) in [5.41, 5.74) is 1.61. The van der Waals surface area contributed by atoms with Crippen molar-refractivity contribution in [2.75, 3.05) is 10.6 Å². The molecule has 27 heavy (non-hydrogen) atoms. The molecule has 6 nitrogen and oxygen atoms in total. The van der Waals surface area contributed by atoms with Gasteiger partial charge in [0.25, 0.3) is 11.8 Å². The van der Waals surface area contributed by atoms with Crippen LogP contribution < -0.4 is 10.6 Å². The molecule has 0 aliphatic heterocycles. The Hall–Kier alpha value is -3.93. The second-order valence-corrected chi connectivity index (χ2v) is 5.70. The van der Waals surface area contributed by atoms with Gasteiger partial charge in [-0.2, -0.15) is 0 Å². The van der Waals surface area contributed by atoms with Crippen LogP contribution in [-0.4, -0.2) is 22.9 Å². The number of carbonyl (C=O) groups is 3. The first-order valence-corrected chi connectivity index (χ1v) is 8.15. The fourth-order valence-electron chi connectivity index (χ4n) is 2.50. The molecule has 0 aromatic heterocycles. The van der Waals surface area contributed by atoms with Crippen LogP contribution in [0.4, 0.5) is 11.4 Å². The number of carboxylic acids is 1. The molecule has 0 saturated heterocycles. The predicted molar refractivity (Wildman–Crippen MR) is 102 cm³/mol. The molecular weight excluding hydrogens is 344 g/mol. The SMILES string of the molecule is O=C(Nc1ccc(NC(=O)c2ccccc2C(=O)O)cc1)c1ccccc1. The zero-order valence-corrected chi connectivity index (χ0v) is 14.2. The van der Waals surface area contributed by atoms with E-state index in [1.54, 1.807) is 60.7 Å². The first-order valence-electron chi connectivity index (χ1n) is 8.15. The van der Waals surface area contributed by atoms with Gasteiger partial charge in [-0.3, -0.25) is 9.59 Å². The molecule has 0 bridgehead atoms. The number of hydrogen-bond donors (Lipinski definition) is 3. The van der Waals surface area contributed by atoms with Gasteiger partial charge in [-0.1, -0.05) is 30.3 Å². The Morgan fingerprint density at radius 3 is 1.63 bits per heavy atom. The molecule has 0 atom stereocenters. The Kier molecular flexibility index (Phi) is 5.28. The van der Waals surface area contributed by atoms with Gasteiger partial charge in [0.1, 0.15) is 0 Å². The minimum Gasteiger partial charge on any atom is -0.478 e.